The standard InChI is InChI=1S/C22H29NO3.BrH/c1-17(16-23-14-8-9-15-23)22(24,18-10-4-6-12-20(18)25-2)19-11-5-7-13-21(19)26-3;/h4-7,10-13,17,24H,8-9,14-16H2,1-3H3;1H. The van der Waals surface area contributed by atoms with Gasteiger partial charge in [-0.05, 0) is 38.1 Å². The fourth-order valence-electron chi connectivity index (χ4n) is 4.08. The van der Waals surface area contributed by atoms with Gasteiger partial charge in [0.15, 0.2) is 0 Å². The minimum Gasteiger partial charge on any atom is -0.496 e. The number of hydrogen-bond donors (Lipinski definition) is 1. The molecule has 2 aromatic rings. The third-order valence-corrected chi connectivity index (χ3v) is 5.48. The predicted octanol–water partition coefficient (Wildman–Crippen LogP) is 4.25. The van der Waals surface area contributed by atoms with E-state index in [9.17, 15) is 5.11 Å². The number of para-hydroxylation sites is 2. The number of benzene rings is 2. The Labute approximate surface area is 172 Å². The van der Waals surface area contributed by atoms with E-state index < -0.39 is 5.60 Å². The highest BCUT2D eigenvalue weighted by Crippen LogP contribution is 2.45. The maximum Gasteiger partial charge on any atom is 0.125 e. The number of halogens is 1. The van der Waals surface area contributed by atoms with Gasteiger partial charge >= 0.3 is 0 Å². The van der Waals surface area contributed by atoms with E-state index in [1.165, 1.54) is 12.8 Å². The minimum atomic E-state index is -1.21. The van der Waals surface area contributed by atoms with Crippen LogP contribution in [-0.4, -0.2) is 43.9 Å². The molecule has 1 aliphatic rings. The molecule has 1 heterocycles. The molecule has 1 N–H and O–H groups in total. The molecule has 1 fully saturated rings. The van der Waals surface area contributed by atoms with Gasteiger partial charge in [-0.2, -0.15) is 0 Å². The van der Waals surface area contributed by atoms with Gasteiger partial charge in [0.25, 0.3) is 0 Å². The highest BCUT2D eigenvalue weighted by molar-refractivity contribution is 8.93. The lowest BCUT2D eigenvalue weighted by Crippen LogP contribution is -2.41. The van der Waals surface area contributed by atoms with Crippen molar-refractivity contribution < 1.29 is 14.6 Å². The second-order valence-corrected chi connectivity index (χ2v) is 7.08. The lowest BCUT2D eigenvalue weighted by molar-refractivity contribution is 0.00662. The van der Waals surface area contributed by atoms with Crippen molar-refractivity contribution in [2.45, 2.75) is 25.4 Å². The summed E-state index contributed by atoms with van der Waals surface area (Å²) >= 11 is 0. The number of methoxy groups -OCH3 is 2. The Kier molecular flexibility index (Phi) is 7.71. The summed E-state index contributed by atoms with van der Waals surface area (Å²) in [6.07, 6.45) is 2.46. The molecule has 1 atom stereocenters. The molecule has 0 bridgehead atoms. The van der Waals surface area contributed by atoms with Crippen LogP contribution < -0.4 is 9.47 Å². The monoisotopic (exact) mass is 435 g/mol. The van der Waals surface area contributed by atoms with Crippen LogP contribution in [-0.2, 0) is 5.60 Å². The van der Waals surface area contributed by atoms with E-state index in [0.717, 1.165) is 30.8 Å². The molecule has 1 aliphatic heterocycles. The van der Waals surface area contributed by atoms with Crippen LogP contribution in [0.15, 0.2) is 48.5 Å². The van der Waals surface area contributed by atoms with E-state index >= 15 is 0 Å². The van der Waals surface area contributed by atoms with Gasteiger partial charge in [-0.3, -0.25) is 0 Å². The van der Waals surface area contributed by atoms with Gasteiger partial charge < -0.3 is 19.5 Å². The second-order valence-electron chi connectivity index (χ2n) is 7.08. The average molecular weight is 436 g/mol. The molecule has 0 radical (unpaired) electrons. The molecular formula is C22H30BrNO3. The number of aliphatic hydroxyl groups is 1. The molecular weight excluding hydrogens is 406 g/mol. The first-order valence-corrected chi connectivity index (χ1v) is 9.33. The molecule has 2 aromatic carbocycles. The van der Waals surface area contributed by atoms with Gasteiger partial charge in [0.05, 0.1) is 14.2 Å². The zero-order chi connectivity index (χ0) is 18.6. The molecule has 3 rings (SSSR count). The predicted molar refractivity (Wildman–Crippen MR) is 114 cm³/mol. The molecule has 148 valence electrons. The third-order valence-electron chi connectivity index (χ3n) is 5.48. The molecule has 0 spiro atoms. The van der Waals surface area contributed by atoms with E-state index in [2.05, 4.69) is 11.8 Å². The second kappa shape index (κ2) is 9.58. The highest BCUT2D eigenvalue weighted by atomic mass is 79.9. The lowest BCUT2D eigenvalue weighted by atomic mass is 9.75. The number of rotatable bonds is 7. The average Bonchev–Trinajstić information content (AvgIpc) is 3.20. The Hall–Kier alpha value is -1.56. The fraction of sp³-hybridized carbons (Fsp3) is 0.455. The van der Waals surface area contributed by atoms with Crippen LogP contribution in [0, 0.1) is 5.92 Å². The van der Waals surface area contributed by atoms with Gasteiger partial charge in [0.1, 0.15) is 17.1 Å². The molecule has 4 nitrogen and oxygen atoms in total. The smallest absolute Gasteiger partial charge is 0.125 e. The molecule has 0 aromatic heterocycles. The quantitative estimate of drug-likeness (QED) is 0.705. The first-order valence-electron chi connectivity index (χ1n) is 9.33. The Balaban J connectivity index is 0.00000261. The van der Waals surface area contributed by atoms with Crippen molar-refractivity contribution in [1.82, 2.24) is 4.90 Å². The Morgan fingerprint density at radius 3 is 1.81 bits per heavy atom. The summed E-state index contributed by atoms with van der Waals surface area (Å²) in [6.45, 7) is 5.13. The van der Waals surface area contributed by atoms with E-state index in [4.69, 9.17) is 9.47 Å². The van der Waals surface area contributed by atoms with Crippen molar-refractivity contribution >= 4 is 17.0 Å². The van der Waals surface area contributed by atoms with Crippen LogP contribution in [0.3, 0.4) is 0 Å². The number of ether oxygens (including phenoxy) is 2. The van der Waals surface area contributed by atoms with Gasteiger partial charge in [-0.25, -0.2) is 0 Å². The fourth-order valence-corrected chi connectivity index (χ4v) is 4.08. The summed E-state index contributed by atoms with van der Waals surface area (Å²) < 4.78 is 11.2. The van der Waals surface area contributed by atoms with Crippen LogP contribution in [0.4, 0.5) is 0 Å². The van der Waals surface area contributed by atoms with Gasteiger partial charge in [0, 0.05) is 23.6 Å². The summed E-state index contributed by atoms with van der Waals surface area (Å²) in [4.78, 5) is 2.43. The van der Waals surface area contributed by atoms with Crippen molar-refractivity contribution in [1.29, 1.82) is 0 Å². The van der Waals surface area contributed by atoms with Crippen LogP contribution in [0.5, 0.6) is 11.5 Å². The van der Waals surface area contributed by atoms with E-state index in [1.54, 1.807) is 14.2 Å². The van der Waals surface area contributed by atoms with Crippen LogP contribution in [0.25, 0.3) is 0 Å². The van der Waals surface area contributed by atoms with Gasteiger partial charge in [-0.1, -0.05) is 43.3 Å². The largest absolute Gasteiger partial charge is 0.496 e. The summed E-state index contributed by atoms with van der Waals surface area (Å²) in [6, 6.07) is 15.4. The van der Waals surface area contributed by atoms with Crippen molar-refractivity contribution in [3.05, 3.63) is 59.7 Å². The molecule has 0 amide bonds. The van der Waals surface area contributed by atoms with E-state index in [-0.39, 0.29) is 22.9 Å². The summed E-state index contributed by atoms with van der Waals surface area (Å²) in [5, 5.41) is 12.1. The number of nitrogens with zero attached hydrogens (tertiary/aromatic N) is 1. The molecule has 1 unspecified atom stereocenters. The SMILES string of the molecule is Br.COc1ccccc1C(O)(c1ccccc1OC)C(C)CN1CCCC1. The summed E-state index contributed by atoms with van der Waals surface area (Å²) in [5.41, 5.74) is 0.347. The number of likely N-dealkylation sites (tertiary alicyclic amines) is 1. The van der Waals surface area contributed by atoms with Crippen molar-refractivity contribution in [3.63, 3.8) is 0 Å². The summed E-state index contributed by atoms with van der Waals surface area (Å²) in [7, 11) is 3.29. The minimum absolute atomic E-state index is 0. The summed E-state index contributed by atoms with van der Waals surface area (Å²) in [5.74, 6) is 1.34. The third kappa shape index (κ3) is 4.31. The van der Waals surface area contributed by atoms with Crippen LogP contribution >= 0.6 is 17.0 Å². The van der Waals surface area contributed by atoms with Crippen molar-refractivity contribution in [3.8, 4) is 11.5 Å². The van der Waals surface area contributed by atoms with Crippen molar-refractivity contribution in [2.24, 2.45) is 5.92 Å². The first kappa shape index (κ1) is 21.7. The molecule has 0 aliphatic carbocycles. The van der Waals surface area contributed by atoms with Crippen molar-refractivity contribution in [2.75, 3.05) is 33.9 Å². The van der Waals surface area contributed by atoms with Crippen LogP contribution in [0.2, 0.25) is 0 Å². The normalized spacial score (nSPS) is 15.9. The zero-order valence-corrected chi connectivity index (χ0v) is 18.1. The Bertz CT molecular complexity index is 684. The molecule has 0 saturated carbocycles. The maximum absolute atomic E-state index is 12.1. The molecule has 5 heteroatoms. The topological polar surface area (TPSA) is 41.9 Å². The van der Waals surface area contributed by atoms with E-state index in [1.807, 2.05) is 48.5 Å². The Morgan fingerprint density at radius 1 is 0.926 bits per heavy atom. The van der Waals surface area contributed by atoms with Gasteiger partial charge in [0.2, 0.25) is 0 Å². The molecule has 1 saturated heterocycles. The van der Waals surface area contributed by atoms with E-state index in [0.29, 0.717) is 11.5 Å². The zero-order valence-electron chi connectivity index (χ0n) is 16.4. The lowest BCUT2D eigenvalue weighted by Gasteiger charge is -2.38. The molecule has 27 heavy (non-hydrogen) atoms. The van der Waals surface area contributed by atoms with Gasteiger partial charge in [-0.15, -0.1) is 17.0 Å². The Morgan fingerprint density at radius 2 is 1.37 bits per heavy atom. The first-order chi connectivity index (χ1) is 12.6. The maximum atomic E-state index is 12.1. The number of hydrogen-bond acceptors (Lipinski definition) is 4. The highest BCUT2D eigenvalue weighted by Gasteiger charge is 2.42. The van der Waals surface area contributed by atoms with Crippen LogP contribution in [0.1, 0.15) is 30.9 Å².